The highest BCUT2D eigenvalue weighted by Crippen LogP contribution is 2.15. The smallest absolute Gasteiger partial charge is 0.338 e. The van der Waals surface area contributed by atoms with E-state index in [9.17, 15) is 13.2 Å². The fourth-order valence-corrected chi connectivity index (χ4v) is 2.40. The standard InChI is InChI=1S/C14H15NO5S/c1-9-13(10(2)20-15-9)8-19-14(16)11-4-6-12(7-5-11)21(3,17)18/h4-7H,8H2,1-3H3. The molecule has 0 bridgehead atoms. The Labute approximate surface area is 122 Å². The Bertz CT molecular complexity index is 740. The number of rotatable bonds is 4. The van der Waals surface area contributed by atoms with Crippen molar-refractivity contribution in [2.75, 3.05) is 6.26 Å². The van der Waals surface area contributed by atoms with Crippen molar-refractivity contribution < 1.29 is 22.5 Å². The number of hydrogen-bond acceptors (Lipinski definition) is 6. The second kappa shape index (κ2) is 5.69. The van der Waals surface area contributed by atoms with Gasteiger partial charge in [0.2, 0.25) is 0 Å². The second-order valence-corrected chi connectivity index (χ2v) is 6.69. The summed E-state index contributed by atoms with van der Waals surface area (Å²) in [6.45, 7) is 3.57. The summed E-state index contributed by atoms with van der Waals surface area (Å²) in [5, 5.41) is 3.77. The zero-order chi connectivity index (χ0) is 15.6. The summed E-state index contributed by atoms with van der Waals surface area (Å²) in [5.74, 6) is 0.0720. The van der Waals surface area contributed by atoms with Gasteiger partial charge in [0.1, 0.15) is 12.4 Å². The van der Waals surface area contributed by atoms with Gasteiger partial charge in [-0.3, -0.25) is 0 Å². The van der Waals surface area contributed by atoms with Crippen molar-refractivity contribution in [3.63, 3.8) is 0 Å². The molecular formula is C14H15NO5S. The molecule has 0 spiro atoms. The third-order valence-electron chi connectivity index (χ3n) is 3.05. The van der Waals surface area contributed by atoms with Crippen molar-refractivity contribution in [2.45, 2.75) is 25.3 Å². The Morgan fingerprint density at radius 1 is 1.24 bits per heavy atom. The molecule has 0 fully saturated rings. The van der Waals surface area contributed by atoms with E-state index in [0.717, 1.165) is 11.8 Å². The van der Waals surface area contributed by atoms with Crippen molar-refractivity contribution in [3.8, 4) is 0 Å². The van der Waals surface area contributed by atoms with Gasteiger partial charge in [-0.1, -0.05) is 5.16 Å². The van der Waals surface area contributed by atoms with E-state index in [0.29, 0.717) is 11.5 Å². The van der Waals surface area contributed by atoms with Crippen LogP contribution in [0.3, 0.4) is 0 Å². The molecule has 0 aliphatic rings. The largest absolute Gasteiger partial charge is 0.457 e. The SMILES string of the molecule is Cc1noc(C)c1COC(=O)c1ccc(S(C)(=O)=O)cc1. The van der Waals surface area contributed by atoms with Crippen LogP contribution in [-0.2, 0) is 21.2 Å². The third-order valence-corrected chi connectivity index (χ3v) is 4.18. The van der Waals surface area contributed by atoms with E-state index in [-0.39, 0.29) is 17.1 Å². The zero-order valence-corrected chi connectivity index (χ0v) is 12.7. The van der Waals surface area contributed by atoms with Crippen molar-refractivity contribution in [1.82, 2.24) is 5.16 Å². The normalized spacial score (nSPS) is 11.4. The molecule has 1 aromatic heterocycles. The number of ether oxygens (including phenoxy) is 1. The molecule has 0 unspecified atom stereocenters. The summed E-state index contributed by atoms with van der Waals surface area (Å²) in [4.78, 5) is 12.1. The van der Waals surface area contributed by atoms with E-state index in [1.165, 1.54) is 24.3 Å². The summed E-state index contributed by atoms with van der Waals surface area (Å²) in [6, 6.07) is 5.60. The van der Waals surface area contributed by atoms with E-state index in [4.69, 9.17) is 9.26 Å². The summed E-state index contributed by atoms with van der Waals surface area (Å²) in [6.07, 6.45) is 1.11. The molecule has 0 saturated heterocycles. The predicted molar refractivity (Wildman–Crippen MR) is 74.6 cm³/mol. The molecule has 2 aromatic rings. The minimum atomic E-state index is -3.28. The monoisotopic (exact) mass is 309 g/mol. The Kier molecular flexibility index (Phi) is 4.13. The van der Waals surface area contributed by atoms with Gasteiger partial charge in [0.05, 0.1) is 21.7 Å². The molecule has 7 heteroatoms. The lowest BCUT2D eigenvalue weighted by Gasteiger charge is -2.05. The molecule has 0 aliphatic carbocycles. The van der Waals surface area contributed by atoms with Crippen molar-refractivity contribution in [2.24, 2.45) is 0 Å². The summed E-state index contributed by atoms with van der Waals surface area (Å²) < 4.78 is 32.8. The van der Waals surface area contributed by atoms with Crippen LogP contribution in [-0.4, -0.2) is 25.8 Å². The van der Waals surface area contributed by atoms with Crippen LogP contribution in [0, 0.1) is 13.8 Å². The first kappa shape index (κ1) is 15.2. The molecule has 112 valence electrons. The Morgan fingerprint density at radius 3 is 2.33 bits per heavy atom. The Hall–Kier alpha value is -2.15. The molecule has 1 aromatic carbocycles. The van der Waals surface area contributed by atoms with Gasteiger partial charge in [0.15, 0.2) is 9.84 Å². The highest BCUT2D eigenvalue weighted by atomic mass is 32.2. The second-order valence-electron chi connectivity index (χ2n) is 4.68. The maximum Gasteiger partial charge on any atom is 0.338 e. The fourth-order valence-electron chi connectivity index (χ4n) is 1.77. The van der Waals surface area contributed by atoms with Gasteiger partial charge in [-0.15, -0.1) is 0 Å². The molecule has 21 heavy (non-hydrogen) atoms. The molecule has 6 nitrogen and oxygen atoms in total. The van der Waals surface area contributed by atoms with Gasteiger partial charge in [-0.05, 0) is 38.1 Å². The van der Waals surface area contributed by atoms with Gasteiger partial charge in [0, 0.05) is 6.26 Å². The number of nitrogens with zero attached hydrogens (tertiary/aromatic N) is 1. The lowest BCUT2D eigenvalue weighted by atomic mass is 10.2. The van der Waals surface area contributed by atoms with Crippen molar-refractivity contribution >= 4 is 15.8 Å². The molecule has 0 atom stereocenters. The number of aryl methyl sites for hydroxylation is 2. The number of sulfone groups is 1. The van der Waals surface area contributed by atoms with E-state index >= 15 is 0 Å². The molecule has 0 radical (unpaired) electrons. The van der Waals surface area contributed by atoms with Gasteiger partial charge in [-0.2, -0.15) is 0 Å². The Morgan fingerprint density at radius 2 is 1.86 bits per heavy atom. The van der Waals surface area contributed by atoms with Crippen LogP contribution < -0.4 is 0 Å². The van der Waals surface area contributed by atoms with Crippen LogP contribution in [0.2, 0.25) is 0 Å². The van der Waals surface area contributed by atoms with Gasteiger partial charge in [-0.25, -0.2) is 13.2 Å². The van der Waals surface area contributed by atoms with Gasteiger partial charge in [0.25, 0.3) is 0 Å². The third kappa shape index (κ3) is 3.49. The van der Waals surface area contributed by atoms with Crippen LogP contribution in [0.1, 0.15) is 27.4 Å². The lowest BCUT2D eigenvalue weighted by Crippen LogP contribution is -2.06. The number of aromatic nitrogens is 1. The topological polar surface area (TPSA) is 86.5 Å². The van der Waals surface area contributed by atoms with Crippen molar-refractivity contribution in [1.29, 1.82) is 0 Å². The molecule has 0 aliphatic heterocycles. The fraction of sp³-hybridized carbons (Fsp3) is 0.286. The first-order valence-corrected chi connectivity index (χ1v) is 8.07. The quantitative estimate of drug-likeness (QED) is 0.803. The summed E-state index contributed by atoms with van der Waals surface area (Å²) in [5.41, 5.74) is 1.69. The number of esters is 1. The van der Waals surface area contributed by atoms with Crippen LogP contribution in [0.25, 0.3) is 0 Å². The Balaban J connectivity index is 2.07. The average Bonchev–Trinajstić information content (AvgIpc) is 2.75. The van der Waals surface area contributed by atoms with E-state index in [2.05, 4.69) is 5.16 Å². The lowest BCUT2D eigenvalue weighted by molar-refractivity contribution is 0.0470. The maximum atomic E-state index is 11.9. The van der Waals surface area contributed by atoms with Crippen molar-refractivity contribution in [3.05, 3.63) is 46.8 Å². The molecule has 0 N–H and O–H groups in total. The number of carbonyl (C=O) groups excluding carboxylic acids is 1. The van der Waals surface area contributed by atoms with E-state index in [1.54, 1.807) is 13.8 Å². The highest BCUT2D eigenvalue weighted by Gasteiger charge is 2.14. The van der Waals surface area contributed by atoms with Crippen LogP contribution in [0.4, 0.5) is 0 Å². The highest BCUT2D eigenvalue weighted by molar-refractivity contribution is 7.90. The van der Waals surface area contributed by atoms with Crippen LogP contribution in [0.15, 0.2) is 33.7 Å². The average molecular weight is 309 g/mol. The number of hydrogen-bond donors (Lipinski definition) is 0. The predicted octanol–water partition coefficient (Wildman–Crippen LogP) is 2.05. The first-order valence-electron chi connectivity index (χ1n) is 6.18. The number of carbonyl (C=O) groups is 1. The summed E-state index contributed by atoms with van der Waals surface area (Å²) >= 11 is 0. The first-order chi connectivity index (χ1) is 9.79. The zero-order valence-electron chi connectivity index (χ0n) is 11.9. The molecule has 0 amide bonds. The minimum absolute atomic E-state index is 0.0633. The molecule has 2 rings (SSSR count). The van der Waals surface area contributed by atoms with E-state index < -0.39 is 15.8 Å². The van der Waals surface area contributed by atoms with Crippen LogP contribution in [0.5, 0.6) is 0 Å². The number of benzene rings is 1. The van der Waals surface area contributed by atoms with Crippen LogP contribution >= 0.6 is 0 Å². The maximum absolute atomic E-state index is 11.9. The molecular weight excluding hydrogens is 294 g/mol. The van der Waals surface area contributed by atoms with Gasteiger partial charge < -0.3 is 9.26 Å². The summed E-state index contributed by atoms with van der Waals surface area (Å²) in [7, 11) is -3.28. The molecule has 0 saturated carbocycles. The molecule has 1 heterocycles. The van der Waals surface area contributed by atoms with Gasteiger partial charge >= 0.3 is 5.97 Å². The van der Waals surface area contributed by atoms with E-state index in [1.807, 2.05) is 0 Å². The minimum Gasteiger partial charge on any atom is -0.457 e.